The van der Waals surface area contributed by atoms with Gasteiger partial charge in [-0.25, -0.2) is 4.39 Å². The monoisotopic (exact) mass is 319 g/mol. The molecule has 1 N–H and O–H groups in total. The van der Waals surface area contributed by atoms with E-state index in [4.69, 9.17) is 9.15 Å². The number of aromatic amines is 1. The molecule has 0 spiro atoms. The van der Waals surface area contributed by atoms with Crippen LogP contribution in [0.3, 0.4) is 0 Å². The molecule has 7 heteroatoms. The summed E-state index contributed by atoms with van der Waals surface area (Å²) in [5.74, 6) is 1.68. The quantitative estimate of drug-likeness (QED) is 0.530. The van der Waals surface area contributed by atoms with Crippen molar-refractivity contribution in [2.75, 3.05) is 12.4 Å². The van der Waals surface area contributed by atoms with Crippen LogP contribution in [-0.4, -0.2) is 27.5 Å². The zero-order valence-corrected chi connectivity index (χ0v) is 12.5. The normalized spacial score (nSPS) is 10.8. The lowest BCUT2D eigenvalue weighted by Gasteiger charge is -2.04. The minimum atomic E-state index is -0.267. The maximum Gasteiger partial charge on any atom is 0.276 e. The first kappa shape index (κ1) is 14.6. The van der Waals surface area contributed by atoms with Crippen LogP contribution in [0.25, 0.3) is 11.6 Å². The Hall–Kier alpha value is -2.28. The van der Waals surface area contributed by atoms with E-state index >= 15 is 0 Å². The molecule has 0 aliphatic rings. The van der Waals surface area contributed by atoms with Gasteiger partial charge in [0.25, 0.3) is 11.1 Å². The van der Waals surface area contributed by atoms with Crippen LogP contribution < -0.4 is 4.74 Å². The van der Waals surface area contributed by atoms with Crippen molar-refractivity contribution in [3.8, 4) is 17.3 Å². The van der Waals surface area contributed by atoms with Crippen molar-refractivity contribution in [3.63, 3.8) is 0 Å². The molecule has 3 aromatic rings. The smallest absolute Gasteiger partial charge is 0.276 e. The predicted molar refractivity (Wildman–Crippen MR) is 81.3 cm³/mol. The van der Waals surface area contributed by atoms with Crippen molar-refractivity contribution < 1.29 is 13.5 Å². The summed E-state index contributed by atoms with van der Waals surface area (Å²) in [6.07, 6.45) is 2.63. The van der Waals surface area contributed by atoms with Crippen LogP contribution in [0.4, 0.5) is 4.39 Å². The maximum atomic E-state index is 12.7. The molecule has 1 aromatic carbocycles. The van der Waals surface area contributed by atoms with Gasteiger partial charge in [-0.15, -0.1) is 10.2 Å². The molecule has 0 unspecified atom stereocenters. The van der Waals surface area contributed by atoms with Crippen molar-refractivity contribution in [1.82, 2.24) is 15.2 Å². The number of ether oxygens (including phenoxy) is 1. The lowest BCUT2D eigenvalue weighted by molar-refractivity contribution is 0.318. The second-order valence-electron chi connectivity index (χ2n) is 4.46. The van der Waals surface area contributed by atoms with E-state index in [1.54, 1.807) is 18.3 Å². The number of halogens is 1. The summed E-state index contributed by atoms with van der Waals surface area (Å²) < 4.78 is 23.8. The standard InChI is InChI=1S/C15H14FN3O2S/c16-11-4-6-12(7-5-11)20-9-2-10-22-15-19-18-14(21-15)13-3-1-8-17-13/h1,3-8,17H,2,9-10H2. The number of rotatable bonds is 7. The van der Waals surface area contributed by atoms with Gasteiger partial charge in [-0.3, -0.25) is 0 Å². The highest BCUT2D eigenvalue weighted by atomic mass is 32.2. The highest BCUT2D eigenvalue weighted by Gasteiger charge is 2.09. The number of benzene rings is 1. The van der Waals surface area contributed by atoms with Gasteiger partial charge in [0.15, 0.2) is 0 Å². The molecule has 114 valence electrons. The Balaban J connectivity index is 1.39. The van der Waals surface area contributed by atoms with Gasteiger partial charge in [0.05, 0.1) is 6.61 Å². The molecule has 3 rings (SSSR count). The summed E-state index contributed by atoms with van der Waals surface area (Å²) in [4.78, 5) is 3.01. The van der Waals surface area contributed by atoms with Crippen LogP contribution in [0.15, 0.2) is 52.2 Å². The fraction of sp³-hybridized carbons (Fsp3) is 0.200. The van der Waals surface area contributed by atoms with Crippen LogP contribution in [0, 0.1) is 5.82 Å². The fourth-order valence-electron chi connectivity index (χ4n) is 1.78. The van der Waals surface area contributed by atoms with Crippen molar-refractivity contribution in [3.05, 3.63) is 48.4 Å². The summed E-state index contributed by atoms with van der Waals surface area (Å²) >= 11 is 1.48. The second-order valence-corrected chi connectivity index (χ2v) is 5.51. The molecule has 0 aliphatic carbocycles. The topological polar surface area (TPSA) is 63.9 Å². The summed E-state index contributed by atoms with van der Waals surface area (Å²) in [6, 6.07) is 9.74. The van der Waals surface area contributed by atoms with Crippen LogP contribution in [0.2, 0.25) is 0 Å². The summed E-state index contributed by atoms with van der Waals surface area (Å²) in [5, 5.41) is 8.49. The average Bonchev–Trinajstić information content (AvgIpc) is 3.19. The predicted octanol–water partition coefficient (Wildman–Crippen LogP) is 3.77. The minimum Gasteiger partial charge on any atom is -0.494 e. The third-order valence-corrected chi connectivity index (χ3v) is 3.74. The van der Waals surface area contributed by atoms with Gasteiger partial charge < -0.3 is 14.1 Å². The molecule has 0 atom stereocenters. The Morgan fingerprint density at radius 1 is 1.18 bits per heavy atom. The van der Waals surface area contributed by atoms with Crippen LogP contribution in [-0.2, 0) is 0 Å². The fourth-order valence-corrected chi connectivity index (χ4v) is 2.45. The Kier molecular flexibility index (Phi) is 4.75. The number of aromatic nitrogens is 3. The van der Waals surface area contributed by atoms with E-state index < -0.39 is 0 Å². The average molecular weight is 319 g/mol. The third-order valence-electron chi connectivity index (χ3n) is 2.83. The molecule has 0 saturated heterocycles. The summed E-state index contributed by atoms with van der Waals surface area (Å²) in [7, 11) is 0. The van der Waals surface area contributed by atoms with Crippen molar-refractivity contribution >= 4 is 11.8 Å². The lowest BCUT2D eigenvalue weighted by Crippen LogP contribution is -1.98. The van der Waals surface area contributed by atoms with Crippen molar-refractivity contribution in [1.29, 1.82) is 0 Å². The molecular weight excluding hydrogens is 305 g/mol. The molecule has 0 saturated carbocycles. The number of nitrogens with one attached hydrogen (secondary N) is 1. The van der Waals surface area contributed by atoms with Gasteiger partial charge in [-0.2, -0.15) is 0 Å². The molecule has 5 nitrogen and oxygen atoms in total. The number of hydrogen-bond donors (Lipinski definition) is 1. The van der Waals surface area contributed by atoms with E-state index in [9.17, 15) is 4.39 Å². The maximum absolute atomic E-state index is 12.7. The largest absolute Gasteiger partial charge is 0.494 e. The van der Waals surface area contributed by atoms with Crippen LogP contribution >= 0.6 is 11.8 Å². The molecule has 2 heterocycles. The Bertz CT molecular complexity index is 698. The SMILES string of the molecule is Fc1ccc(OCCCSc2nnc(-c3ccc[nH]3)o2)cc1. The number of hydrogen-bond acceptors (Lipinski definition) is 5. The number of thioether (sulfide) groups is 1. The molecule has 0 aliphatic heterocycles. The van der Waals surface area contributed by atoms with Gasteiger partial charge in [-0.05, 0) is 42.8 Å². The van der Waals surface area contributed by atoms with Gasteiger partial charge in [0.2, 0.25) is 0 Å². The van der Waals surface area contributed by atoms with E-state index in [0.717, 1.165) is 17.9 Å². The molecule has 22 heavy (non-hydrogen) atoms. The first-order valence-corrected chi connectivity index (χ1v) is 7.78. The van der Waals surface area contributed by atoms with Crippen molar-refractivity contribution in [2.45, 2.75) is 11.6 Å². The first-order valence-electron chi connectivity index (χ1n) is 6.80. The first-order chi connectivity index (χ1) is 10.8. The molecule has 0 bridgehead atoms. The Morgan fingerprint density at radius 3 is 2.82 bits per heavy atom. The van der Waals surface area contributed by atoms with E-state index in [2.05, 4.69) is 15.2 Å². The molecule has 2 aromatic heterocycles. The number of nitrogens with zero attached hydrogens (tertiary/aromatic N) is 2. The Labute approximate surface area is 130 Å². The summed E-state index contributed by atoms with van der Waals surface area (Å²) in [5.41, 5.74) is 0.805. The molecule has 0 radical (unpaired) electrons. The highest BCUT2D eigenvalue weighted by molar-refractivity contribution is 7.99. The zero-order chi connectivity index (χ0) is 15.2. The van der Waals surface area contributed by atoms with Crippen LogP contribution in [0.1, 0.15) is 6.42 Å². The van der Waals surface area contributed by atoms with E-state index in [1.807, 2.05) is 12.1 Å². The second kappa shape index (κ2) is 7.13. The molecule has 0 amide bonds. The lowest BCUT2D eigenvalue weighted by atomic mass is 10.3. The van der Waals surface area contributed by atoms with Crippen LogP contribution in [0.5, 0.6) is 5.75 Å². The van der Waals surface area contributed by atoms with Gasteiger partial charge in [0, 0.05) is 11.9 Å². The summed E-state index contributed by atoms with van der Waals surface area (Å²) in [6.45, 7) is 0.552. The molecule has 0 fully saturated rings. The van der Waals surface area contributed by atoms with E-state index in [-0.39, 0.29) is 5.82 Å². The minimum absolute atomic E-state index is 0.267. The van der Waals surface area contributed by atoms with Gasteiger partial charge in [-0.1, -0.05) is 11.8 Å². The van der Waals surface area contributed by atoms with E-state index in [1.165, 1.54) is 23.9 Å². The van der Waals surface area contributed by atoms with Crippen molar-refractivity contribution in [2.24, 2.45) is 0 Å². The van der Waals surface area contributed by atoms with Gasteiger partial charge >= 0.3 is 0 Å². The zero-order valence-electron chi connectivity index (χ0n) is 11.7. The third kappa shape index (κ3) is 3.88. The Morgan fingerprint density at radius 2 is 2.05 bits per heavy atom. The van der Waals surface area contributed by atoms with Gasteiger partial charge in [0.1, 0.15) is 17.3 Å². The van der Waals surface area contributed by atoms with E-state index in [0.29, 0.717) is 23.5 Å². The molecular formula is C15H14FN3O2S. The highest BCUT2D eigenvalue weighted by Crippen LogP contribution is 2.22. The number of H-pyrrole nitrogens is 1.